The Morgan fingerprint density at radius 2 is 1.95 bits per heavy atom. The van der Waals surface area contributed by atoms with Gasteiger partial charge in [0.1, 0.15) is 0 Å². The van der Waals surface area contributed by atoms with Gasteiger partial charge < -0.3 is 15.4 Å². The van der Waals surface area contributed by atoms with Crippen LogP contribution in [0.4, 0.5) is 18.9 Å². The van der Waals surface area contributed by atoms with Gasteiger partial charge in [0.2, 0.25) is 5.91 Å². The highest BCUT2D eigenvalue weighted by Gasteiger charge is 2.48. The van der Waals surface area contributed by atoms with E-state index in [-0.39, 0.29) is 25.4 Å². The molecule has 1 aliphatic rings. The van der Waals surface area contributed by atoms with Gasteiger partial charge in [-0.1, -0.05) is 12.1 Å². The molecule has 0 spiro atoms. The molecule has 10 heteroatoms. The van der Waals surface area contributed by atoms with Crippen molar-refractivity contribution in [2.45, 2.75) is 16.5 Å². The van der Waals surface area contributed by atoms with Crippen molar-refractivity contribution in [3.8, 4) is 0 Å². The molecule has 1 aliphatic heterocycles. The molecule has 1 saturated heterocycles. The van der Waals surface area contributed by atoms with Crippen LogP contribution in [0.15, 0.2) is 29.2 Å². The highest BCUT2D eigenvalue weighted by Crippen LogP contribution is 2.36. The largest absolute Gasteiger partial charge is 0.501 e. The number of hydrogen-bond acceptors (Lipinski definition) is 5. The van der Waals surface area contributed by atoms with Crippen LogP contribution in [-0.4, -0.2) is 45.6 Å². The number of nitrogens with two attached hydrogens (primary N) is 1. The third-order valence-electron chi connectivity index (χ3n) is 3.18. The van der Waals surface area contributed by atoms with Crippen LogP contribution in [0.25, 0.3) is 0 Å². The molecule has 6 nitrogen and oxygen atoms in total. The average Bonchev–Trinajstić information content (AvgIpc) is 2.46. The predicted molar refractivity (Wildman–Crippen MR) is 70.8 cm³/mol. The molecule has 1 amide bonds. The quantitative estimate of drug-likeness (QED) is 0.875. The molecule has 0 radical (unpaired) electrons. The van der Waals surface area contributed by atoms with Crippen LogP contribution >= 0.6 is 0 Å². The molecule has 122 valence electrons. The molecule has 22 heavy (non-hydrogen) atoms. The Morgan fingerprint density at radius 3 is 2.55 bits per heavy atom. The summed E-state index contributed by atoms with van der Waals surface area (Å²) in [6, 6.07) is 4.75. The number of amides is 1. The maximum atomic E-state index is 12.8. The second-order valence-corrected chi connectivity index (χ2v) is 6.53. The number of carbonyl (C=O) groups excluding carboxylic acids is 1. The standard InChI is InChI=1S/C12H13F3N2O4S/c13-12(14,15)22(19,20)10-4-2-1-3-8(10)17-5-6-21-9(7-17)11(16)18/h1-4,9H,5-7H2,(H2,16,18)/t9-/m0/s1. The fraction of sp³-hybridized carbons (Fsp3) is 0.417. The van der Waals surface area contributed by atoms with Gasteiger partial charge in [-0.05, 0) is 12.1 Å². The number of carbonyl (C=O) groups is 1. The van der Waals surface area contributed by atoms with Crippen LogP contribution in [0.3, 0.4) is 0 Å². The number of ether oxygens (including phenoxy) is 1. The second-order valence-electron chi connectivity index (χ2n) is 4.62. The van der Waals surface area contributed by atoms with E-state index in [1.165, 1.54) is 23.1 Å². The van der Waals surface area contributed by atoms with Crippen molar-refractivity contribution in [2.75, 3.05) is 24.6 Å². The number of rotatable bonds is 3. The number of anilines is 1. The first kappa shape index (κ1) is 16.6. The number of sulfone groups is 1. The van der Waals surface area contributed by atoms with E-state index >= 15 is 0 Å². The number of nitrogens with zero attached hydrogens (tertiary/aromatic N) is 1. The molecule has 2 N–H and O–H groups in total. The SMILES string of the molecule is NC(=O)[C@@H]1CN(c2ccccc2S(=O)(=O)C(F)(F)F)CCO1. The average molecular weight is 338 g/mol. The first-order valence-corrected chi connectivity index (χ1v) is 7.69. The van der Waals surface area contributed by atoms with Crippen LogP contribution in [0.1, 0.15) is 0 Å². The summed E-state index contributed by atoms with van der Waals surface area (Å²) in [5.74, 6) is -0.763. The summed E-state index contributed by atoms with van der Waals surface area (Å²) in [6.07, 6.45) is -1.00. The maximum absolute atomic E-state index is 12.8. The Balaban J connectivity index is 2.43. The van der Waals surface area contributed by atoms with Gasteiger partial charge in [0, 0.05) is 6.54 Å². The van der Waals surface area contributed by atoms with Gasteiger partial charge in [0.25, 0.3) is 9.84 Å². The minimum Gasteiger partial charge on any atom is -0.367 e. The lowest BCUT2D eigenvalue weighted by atomic mass is 10.2. The van der Waals surface area contributed by atoms with Gasteiger partial charge in [-0.25, -0.2) is 8.42 Å². The zero-order valence-corrected chi connectivity index (χ0v) is 12.0. The molecule has 0 aromatic heterocycles. The molecule has 1 fully saturated rings. The summed E-state index contributed by atoms with van der Waals surface area (Å²) < 4.78 is 66.7. The van der Waals surface area contributed by atoms with Gasteiger partial charge >= 0.3 is 5.51 Å². The van der Waals surface area contributed by atoms with Crippen LogP contribution < -0.4 is 10.6 Å². The Bertz CT molecular complexity index is 675. The van der Waals surface area contributed by atoms with Gasteiger partial charge in [-0.2, -0.15) is 13.2 Å². The lowest BCUT2D eigenvalue weighted by molar-refractivity contribution is -0.130. The monoisotopic (exact) mass is 338 g/mol. The van der Waals surface area contributed by atoms with E-state index in [4.69, 9.17) is 10.5 Å². The van der Waals surface area contributed by atoms with Crippen molar-refractivity contribution in [2.24, 2.45) is 5.73 Å². The van der Waals surface area contributed by atoms with E-state index in [0.717, 1.165) is 6.07 Å². The number of primary amides is 1. The first-order chi connectivity index (χ1) is 10.1. The molecule has 1 heterocycles. The Hall–Kier alpha value is -1.81. The fourth-order valence-corrected chi connectivity index (χ4v) is 3.09. The summed E-state index contributed by atoms with van der Waals surface area (Å²) in [5, 5.41) is 0. The summed E-state index contributed by atoms with van der Waals surface area (Å²) in [5.41, 5.74) is -0.423. The van der Waals surface area contributed by atoms with Gasteiger partial charge in [-0.3, -0.25) is 4.79 Å². The summed E-state index contributed by atoms with van der Waals surface area (Å²) in [4.78, 5) is 11.6. The van der Waals surface area contributed by atoms with Gasteiger partial charge in [0.15, 0.2) is 6.10 Å². The number of alkyl halides is 3. The summed E-state index contributed by atoms with van der Waals surface area (Å²) in [6.45, 7) is 0.0852. The molecule has 0 bridgehead atoms. The van der Waals surface area contributed by atoms with E-state index < -0.39 is 32.3 Å². The summed E-state index contributed by atoms with van der Waals surface area (Å²) in [7, 11) is -5.49. The molecule has 1 aromatic rings. The van der Waals surface area contributed by atoms with Crippen molar-refractivity contribution >= 4 is 21.4 Å². The number of halogens is 3. The highest BCUT2D eigenvalue weighted by molar-refractivity contribution is 7.92. The highest BCUT2D eigenvalue weighted by atomic mass is 32.2. The van der Waals surface area contributed by atoms with E-state index in [0.29, 0.717) is 0 Å². The molecular formula is C12H13F3N2O4S. The maximum Gasteiger partial charge on any atom is 0.501 e. The van der Waals surface area contributed by atoms with Crippen molar-refractivity contribution < 1.29 is 31.1 Å². The van der Waals surface area contributed by atoms with Crippen molar-refractivity contribution in [1.29, 1.82) is 0 Å². The zero-order chi connectivity index (χ0) is 16.5. The topological polar surface area (TPSA) is 89.7 Å². The van der Waals surface area contributed by atoms with Gasteiger partial charge in [-0.15, -0.1) is 0 Å². The number of morpholine rings is 1. The third-order valence-corrected chi connectivity index (χ3v) is 4.72. The van der Waals surface area contributed by atoms with Gasteiger partial charge in [0.05, 0.1) is 23.7 Å². The predicted octanol–water partition coefficient (Wildman–Crippen LogP) is 0.671. The third kappa shape index (κ3) is 3.02. The molecule has 0 unspecified atom stereocenters. The molecule has 0 saturated carbocycles. The van der Waals surface area contributed by atoms with Crippen LogP contribution in [-0.2, 0) is 19.4 Å². The Kier molecular flexibility index (Phi) is 4.34. The first-order valence-electron chi connectivity index (χ1n) is 6.21. The molecule has 1 aromatic carbocycles. The Morgan fingerprint density at radius 1 is 1.32 bits per heavy atom. The molecule has 0 aliphatic carbocycles. The second kappa shape index (κ2) is 5.76. The van der Waals surface area contributed by atoms with Crippen LogP contribution in [0.5, 0.6) is 0 Å². The van der Waals surface area contributed by atoms with Crippen LogP contribution in [0, 0.1) is 0 Å². The van der Waals surface area contributed by atoms with Crippen LogP contribution in [0.2, 0.25) is 0 Å². The van der Waals surface area contributed by atoms with E-state index in [1.807, 2.05) is 0 Å². The van der Waals surface area contributed by atoms with E-state index in [2.05, 4.69) is 0 Å². The zero-order valence-electron chi connectivity index (χ0n) is 11.2. The minimum absolute atomic E-state index is 0.0496. The van der Waals surface area contributed by atoms with E-state index in [9.17, 15) is 26.4 Å². The molecular weight excluding hydrogens is 325 g/mol. The lowest BCUT2D eigenvalue weighted by Crippen LogP contribution is -2.48. The smallest absolute Gasteiger partial charge is 0.367 e. The molecule has 2 rings (SSSR count). The number of para-hydroxylation sites is 1. The van der Waals surface area contributed by atoms with Crippen molar-refractivity contribution in [1.82, 2.24) is 0 Å². The summed E-state index contributed by atoms with van der Waals surface area (Å²) >= 11 is 0. The minimum atomic E-state index is -5.49. The molecule has 1 atom stereocenters. The van der Waals surface area contributed by atoms with Crippen molar-refractivity contribution in [3.05, 3.63) is 24.3 Å². The number of benzene rings is 1. The lowest BCUT2D eigenvalue weighted by Gasteiger charge is -2.34. The fourth-order valence-electron chi connectivity index (χ4n) is 2.11. The number of hydrogen-bond donors (Lipinski definition) is 1. The van der Waals surface area contributed by atoms with E-state index in [1.54, 1.807) is 0 Å². The Labute approximate surface area is 124 Å². The normalized spacial score (nSPS) is 20.0. The van der Waals surface area contributed by atoms with Crippen molar-refractivity contribution in [3.63, 3.8) is 0 Å².